The third-order valence-electron chi connectivity index (χ3n) is 4.66. The standard InChI is InChI=1S/C21H21BrN2O2S/c1-13-19(14(2)25)20(16-5-4-6-18(11-16)26-3)23-21(27)24(13)12-15-7-9-17(22)10-8-15/h4-11,20H,12H2,1-3H3,(H,23,27). The summed E-state index contributed by atoms with van der Waals surface area (Å²) in [4.78, 5) is 14.5. The van der Waals surface area contributed by atoms with Gasteiger partial charge in [-0.2, -0.15) is 0 Å². The Morgan fingerprint density at radius 2 is 1.96 bits per heavy atom. The molecule has 0 fully saturated rings. The molecule has 1 unspecified atom stereocenters. The molecule has 0 radical (unpaired) electrons. The van der Waals surface area contributed by atoms with E-state index in [2.05, 4.69) is 21.2 Å². The largest absolute Gasteiger partial charge is 0.497 e. The third-order valence-corrected chi connectivity index (χ3v) is 5.52. The Hall–Kier alpha value is -2.18. The molecule has 0 saturated carbocycles. The molecule has 140 valence electrons. The van der Waals surface area contributed by atoms with E-state index in [4.69, 9.17) is 17.0 Å². The van der Waals surface area contributed by atoms with Gasteiger partial charge in [0, 0.05) is 22.3 Å². The van der Waals surface area contributed by atoms with Gasteiger partial charge in [0.1, 0.15) is 5.75 Å². The number of allylic oxidation sites excluding steroid dienone is 1. The van der Waals surface area contributed by atoms with Gasteiger partial charge < -0.3 is 15.0 Å². The number of benzene rings is 2. The summed E-state index contributed by atoms with van der Waals surface area (Å²) >= 11 is 9.09. The van der Waals surface area contributed by atoms with Crippen LogP contribution in [0.15, 0.2) is 64.3 Å². The molecule has 1 heterocycles. The second-order valence-corrected chi connectivity index (χ2v) is 7.73. The van der Waals surface area contributed by atoms with Gasteiger partial charge in [-0.05, 0) is 61.5 Å². The van der Waals surface area contributed by atoms with Gasteiger partial charge in [-0.3, -0.25) is 4.79 Å². The molecule has 1 aliphatic rings. The summed E-state index contributed by atoms with van der Waals surface area (Å²) in [5.41, 5.74) is 3.66. The van der Waals surface area contributed by atoms with Crippen LogP contribution < -0.4 is 10.1 Å². The molecule has 0 saturated heterocycles. The highest BCUT2D eigenvalue weighted by atomic mass is 79.9. The molecule has 2 aromatic carbocycles. The lowest BCUT2D eigenvalue weighted by Crippen LogP contribution is -2.47. The number of carbonyl (C=O) groups excluding carboxylic acids is 1. The quantitative estimate of drug-likeness (QED) is 0.673. The lowest BCUT2D eigenvalue weighted by molar-refractivity contribution is -0.114. The molecule has 4 nitrogen and oxygen atoms in total. The van der Waals surface area contributed by atoms with Crippen LogP contribution in [0.1, 0.15) is 31.0 Å². The summed E-state index contributed by atoms with van der Waals surface area (Å²) in [7, 11) is 1.63. The van der Waals surface area contributed by atoms with Crippen molar-refractivity contribution in [3.05, 3.63) is 75.4 Å². The molecule has 0 spiro atoms. The first-order valence-corrected chi connectivity index (χ1v) is 9.79. The van der Waals surface area contributed by atoms with Crippen molar-refractivity contribution in [1.29, 1.82) is 0 Å². The van der Waals surface area contributed by atoms with Crippen LogP contribution in [-0.4, -0.2) is 22.9 Å². The predicted octanol–water partition coefficient (Wildman–Crippen LogP) is 4.75. The maximum absolute atomic E-state index is 12.5. The number of ether oxygens (including phenoxy) is 1. The molecule has 27 heavy (non-hydrogen) atoms. The van der Waals surface area contributed by atoms with Crippen LogP contribution in [0.2, 0.25) is 0 Å². The molecule has 0 bridgehead atoms. The Balaban J connectivity index is 1.99. The van der Waals surface area contributed by atoms with Crippen molar-refractivity contribution in [3.63, 3.8) is 0 Å². The molecule has 0 aliphatic carbocycles. The first-order valence-electron chi connectivity index (χ1n) is 8.59. The number of thiocarbonyl (C=S) groups is 1. The Morgan fingerprint density at radius 1 is 1.26 bits per heavy atom. The van der Waals surface area contributed by atoms with Gasteiger partial charge in [-0.15, -0.1) is 0 Å². The molecule has 6 heteroatoms. The van der Waals surface area contributed by atoms with Gasteiger partial charge >= 0.3 is 0 Å². The van der Waals surface area contributed by atoms with E-state index in [1.165, 1.54) is 0 Å². The van der Waals surface area contributed by atoms with Crippen LogP contribution in [-0.2, 0) is 11.3 Å². The summed E-state index contributed by atoms with van der Waals surface area (Å²) < 4.78 is 6.36. The first-order chi connectivity index (χ1) is 12.9. The molecular weight excluding hydrogens is 424 g/mol. The van der Waals surface area contributed by atoms with Gasteiger partial charge in [0.05, 0.1) is 13.2 Å². The number of nitrogens with one attached hydrogen (secondary N) is 1. The molecule has 3 rings (SSSR count). The average Bonchev–Trinajstić information content (AvgIpc) is 2.65. The van der Waals surface area contributed by atoms with Crippen LogP contribution in [0.3, 0.4) is 0 Å². The fourth-order valence-corrected chi connectivity index (χ4v) is 3.86. The maximum Gasteiger partial charge on any atom is 0.174 e. The second kappa shape index (κ2) is 8.23. The van der Waals surface area contributed by atoms with Crippen molar-refractivity contribution in [1.82, 2.24) is 10.2 Å². The maximum atomic E-state index is 12.5. The Kier molecular flexibility index (Phi) is 5.97. The Morgan fingerprint density at radius 3 is 2.59 bits per heavy atom. The van der Waals surface area contributed by atoms with Crippen molar-refractivity contribution >= 4 is 39.0 Å². The van der Waals surface area contributed by atoms with Gasteiger partial charge in [0.2, 0.25) is 0 Å². The Bertz CT molecular complexity index is 909. The highest BCUT2D eigenvalue weighted by molar-refractivity contribution is 9.10. The monoisotopic (exact) mass is 444 g/mol. The molecule has 0 amide bonds. The second-order valence-electron chi connectivity index (χ2n) is 6.43. The number of ketones is 1. The number of methoxy groups -OCH3 is 1. The van der Waals surface area contributed by atoms with E-state index in [1.807, 2.05) is 60.4 Å². The van der Waals surface area contributed by atoms with Crippen LogP contribution in [0, 0.1) is 0 Å². The van der Waals surface area contributed by atoms with Crippen molar-refractivity contribution in [3.8, 4) is 5.75 Å². The van der Waals surface area contributed by atoms with Crippen molar-refractivity contribution in [2.24, 2.45) is 0 Å². The highest BCUT2D eigenvalue weighted by Crippen LogP contribution is 2.33. The average molecular weight is 445 g/mol. The summed E-state index contributed by atoms with van der Waals surface area (Å²) in [5, 5.41) is 3.95. The normalized spacial score (nSPS) is 17.0. The van der Waals surface area contributed by atoms with E-state index in [0.29, 0.717) is 17.2 Å². The first kappa shape index (κ1) is 19.6. The van der Waals surface area contributed by atoms with Crippen molar-refractivity contribution in [2.45, 2.75) is 26.4 Å². The zero-order valence-electron chi connectivity index (χ0n) is 15.5. The van der Waals surface area contributed by atoms with Gasteiger partial charge in [0.15, 0.2) is 10.9 Å². The van der Waals surface area contributed by atoms with Gasteiger partial charge in [0.25, 0.3) is 0 Å². The van der Waals surface area contributed by atoms with Crippen LogP contribution in [0.5, 0.6) is 5.75 Å². The van der Waals surface area contributed by atoms with Gasteiger partial charge in [-0.1, -0.05) is 40.2 Å². The molecule has 1 aliphatic heterocycles. The van der Waals surface area contributed by atoms with Crippen molar-refractivity contribution < 1.29 is 9.53 Å². The Labute approximate surface area is 173 Å². The van der Waals surface area contributed by atoms with Gasteiger partial charge in [-0.25, -0.2) is 0 Å². The summed E-state index contributed by atoms with van der Waals surface area (Å²) in [6.07, 6.45) is 0. The zero-order valence-corrected chi connectivity index (χ0v) is 17.9. The van der Waals surface area contributed by atoms with E-state index >= 15 is 0 Å². The number of halogens is 1. The fraction of sp³-hybridized carbons (Fsp3) is 0.238. The lowest BCUT2D eigenvalue weighted by Gasteiger charge is -2.38. The third kappa shape index (κ3) is 4.22. The summed E-state index contributed by atoms with van der Waals surface area (Å²) in [5.74, 6) is 0.772. The predicted molar refractivity (Wildman–Crippen MR) is 115 cm³/mol. The minimum atomic E-state index is -0.286. The number of Topliss-reactive ketones (excluding diaryl/α,β-unsaturated/α-hetero) is 1. The zero-order chi connectivity index (χ0) is 19.6. The van der Waals surface area contributed by atoms with E-state index < -0.39 is 0 Å². The van der Waals surface area contributed by atoms with E-state index in [-0.39, 0.29) is 11.8 Å². The van der Waals surface area contributed by atoms with E-state index in [1.54, 1.807) is 14.0 Å². The van der Waals surface area contributed by atoms with E-state index in [9.17, 15) is 4.79 Å². The fourth-order valence-electron chi connectivity index (χ4n) is 3.27. The topological polar surface area (TPSA) is 41.6 Å². The van der Waals surface area contributed by atoms with Crippen LogP contribution in [0.4, 0.5) is 0 Å². The van der Waals surface area contributed by atoms with Crippen molar-refractivity contribution in [2.75, 3.05) is 7.11 Å². The SMILES string of the molecule is COc1cccc(C2NC(=S)N(Cc3ccc(Br)cc3)C(C)=C2C(C)=O)c1. The summed E-state index contributed by atoms with van der Waals surface area (Å²) in [6.45, 7) is 4.16. The van der Waals surface area contributed by atoms with Crippen LogP contribution >= 0.6 is 28.1 Å². The molecule has 2 aromatic rings. The number of rotatable bonds is 5. The number of nitrogens with zero attached hydrogens (tertiary/aromatic N) is 1. The summed E-state index contributed by atoms with van der Waals surface area (Å²) in [6, 6.07) is 15.5. The lowest BCUT2D eigenvalue weighted by atomic mass is 9.92. The molecule has 1 N–H and O–H groups in total. The van der Waals surface area contributed by atoms with E-state index in [0.717, 1.165) is 27.0 Å². The number of hydrogen-bond donors (Lipinski definition) is 1. The number of hydrogen-bond acceptors (Lipinski definition) is 3. The highest BCUT2D eigenvalue weighted by Gasteiger charge is 2.32. The molecule has 1 atom stereocenters. The smallest absolute Gasteiger partial charge is 0.174 e. The minimum Gasteiger partial charge on any atom is -0.497 e. The molecular formula is C21H21BrN2O2S. The number of carbonyl (C=O) groups is 1. The minimum absolute atomic E-state index is 0.0242. The van der Waals surface area contributed by atoms with Crippen LogP contribution in [0.25, 0.3) is 0 Å². The molecule has 0 aromatic heterocycles.